The molecule has 2 fully saturated rings. The van der Waals surface area contributed by atoms with Gasteiger partial charge in [0, 0.05) is 45.1 Å². The number of rotatable bonds is 5. The van der Waals surface area contributed by atoms with E-state index < -0.39 is 0 Å². The van der Waals surface area contributed by atoms with Gasteiger partial charge in [0.1, 0.15) is 5.69 Å². The van der Waals surface area contributed by atoms with Crippen LogP contribution in [0.5, 0.6) is 0 Å². The van der Waals surface area contributed by atoms with Gasteiger partial charge in [0.05, 0.1) is 18.2 Å². The van der Waals surface area contributed by atoms with Gasteiger partial charge in [0.2, 0.25) is 5.91 Å². The van der Waals surface area contributed by atoms with Crippen molar-refractivity contribution in [1.29, 1.82) is 0 Å². The zero-order valence-corrected chi connectivity index (χ0v) is 17.5. The summed E-state index contributed by atoms with van der Waals surface area (Å²) in [6, 6.07) is 7.94. The molecule has 1 unspecified atom stereocenters. The van der Waals surface area contributed by atoms with Crippen molar-refractivity contribution >= 4 is 11.8 Å². The van der Waals surface area contributed by atoms with E-state index in [1.807, 2.05) is 30.1 Å². The fraction of sp³-hybridized carbons (Fsp3) is 0.545. The van der Waals surface area contributed by atoms with E-state index in [2.05, 4.69) is 20.3 Å². The number of pyridine rings is 1. The number of amides is 2. The first kappa shape index (κ1) is 20.5. The molecule has 0 spiro atoms. The van der Waals surface area contributed by atoms with Gasteiger partial charge >= 0.3 is 0 Å². The molecule has 0 aliphatic carbocycles. The molecule has 30 heavy (non-hydrogen) atoms. The predicted octanol–water partition coefficient (Wildman–Crippen LogP) is 1.45. The average Bonchev–Trinajstić information content (AvgIpc) is 3.24. The van der Waals surface area contributed by atoms with E-state index in [0.717, 1.165) is 57.6 Å². The Morgan fingerprint density at radius 1 is 1.13 bits per heavy atom. The molecule has 2 aliphatic rings. The van der Waals surface area contributed by atoms with Gasteiger partial charge in [-0.3, -0.25) is 24.2 Å². The summed E-state index contributed by atoms with van der Waals surface area (Å²) in [4.78, 5) is 33.9. The van der Waals surface area contributed by atoms with Crippen LogP contribution in [0.25, 0.3) is 0 Å². The van der Waals surface area contributed by atoms with Gasteiger partial charge in [-0.05, 0) is 50.4 Å². The molecule has 0 aromatic carbocycles. The van der Waals surface area contributed by atoms with Gasteiger partial charge in [-0.1, -0.05) is 6.07 Å². The maximum absolute atomic E-state index is 12.7. The van der Waals surface area contributed by atoms with Crippen molar-refractivity contribution < 1.29 is 9.59 Å². The van der Waals surface area contributed by atoms with Gasteiger partial charge in [0.15, 0.2) is 0 Å². The summed E-state index contributed by atoms with van der Waals surface area (Å²) in [7, 11) is 1.82. The van der Waals surface area contributed by atoms with Crippen LogP contribution in [0.15, 0.2) is 36.7 Å². The van der Waals surface area contributed by atoms with E-state index in [0.29, 0.717) is 18.3 Å². The smallest absolute Gasteiger partial charge is 0.274 e. The molecule has 2 saturated heterocycles. The highest BCUT2D eigenvalue weighted by Crippen LogP contribution is 2.24. The fourth-order valence-corrected chi connectivity index (χ4v) is 4.50. The van der Waals surface area contributed by atoms with E-state index >= 15 is 0 Å². The first-order chi connectivity index (χ1) is 14.6. The first-order valence-electron chi connectivity index (χ1n) is 10.8. The number of aryl methyl sites for hydroxylation is 1. The van der Waals surface area contributed by atoms with Crippen molar-refractivity contribution in [3.05, 3.63) is 48.0 Å². The Labute approximate surface area is 177 Å². The standard InChI is InChI=1S/C22H30N6O2/c1-26-12-9-20(25-26)22(30)27-13-7-19(8-14-27)28-11-4-5-17(16-28)21(29)24-15-18-6-2-3-10-23-18/h2-3,6,9-10,12,17,19H,4-5,7-8,11,13-16H2,1H3,(H,24,29). The topological polar surface area (TPSA) is 83.4 Å². The van der Waals surface area contributed by atoms with Crippen LogP contribution in [-0.2, 0) is 18.4 Å². The third-order valence-electron chi connectivity index (χ3n) is 6.19. The van der Waals surface area contributed by atoms with Crippen molar-refractivity contribution in [2.45, 2.75) is 38.3 Å². The molecule has 1 N–H and O–H groups in total. The zero-order valence-electron chi connectivity index (χ0n) is 17.5. The predicted molar refractivity (Wildman–Crippen MR) is 113 cm³/mol. The Bertz CT molecular complexity index is 860. The van der Waals surface area contributed by atoms with E-state index in [4.69, 9.17) is 0 Å². The molecule has 160 valence electrons. The molecule has 0 saturated carbocycles. The number of likely N-dealkylation sites (tertiary alicyclic amines) is 2. The second kappa shape index (κ2) is 9.38. The van der Waals surface area contributed by atoms with Crippen LogP contribution in [0.1, 0.15) is 41.9 Å². The molecule has 2 aromatic rings. The highest BCUT2D eigenvalue weighted by Gasteiger charge is 2.33. The molecule has 8 heteroatoms. The van der Waals surface area contributed by atoms with E-state index in [9.17, 15) is 9.59 Å². The minimum absolute atomic E-state index is 0.0134. The van der Waals surface area contributed by atoms with Crippen LogP contribution in [0, 0.1) is 5.92 Å². The van der Waals surface area contributed by atoms with Gasteiger partial charge in [-0.2, -0.15) is 5.10 Å². The van der Waals surface area contributed by atoms with Gasteiger partial charge in [0.25, 0.3) is 5.91 Å². The monoisotopic (exact) mass is 410 g/mol. The number of hydrogen-bond donors (Lipinski definition) is 1. The van der Waals surface area contributed by atoms with Crippen molar-refractivity contribution in [1.82, 2.24) is 29.9 Å². The SMILES string of the molecule is Cn1ccc(C(=O)N2CCC(N3CCCC(C(=O)NCc4ccccn4)C3)CC2)n1. The van der Waals surface area contributed by atoms with Gasteiger partial charge in [-0.15, -0.1) is 0 Å². The zero-order chi connectivity index (χ0) is 20.9. The van der Waals surface area contributed by atoms with E-state index in [1.54, 1.807) is 23.1 Å². The normalized spacial score (nSPS) is 20.8. The largest absolute Gasteiger partial charge is 0.350 e. The van der Waals surface area contributed by atoms with Crippen molar-refractivity contribution in [2.75, 3.05) is 26.2 Å². The first-order valence-corrected chi connectivity index (χ1v) is 10.8. The Kier molecular flexibility index (Phi) is 6.42. The number of carbonyl (C=O) groups is 2. The molecular weight excluding hydrogens is 380 g/mol. The molecule has 1 atom stereocenters. The van der Waals surface area contributed by atoms with Crippen LogP contribution in [0.4, 0.5) is 0 Å². The highest BCUT2D eigenvalue weighted by atomic mass is 16.2. The lowest BCUT2D eigenvalue weighted by molar-refractivity contribution is -0.127. The third-order valence-corrected chi connectivity index (χ3v) is 6.19. The maximum atomic E-state index is 12.7. The van der Waals surface area contributed by atoms with Crippen molar-refractivity contribution in [2.24, 2.45) is 13.0 Å². The third kappa shape index (κ3) is 4.87. The molecular formula is C22H30N6O2. The summed E-state index contributed by atoms with van der Waals surface area (Å²) in [5, 5.41) is 7.27. The highest BCUT2D eigenvalue weighted by molar-refractivity contribution is 5.92. The Morgan fingerprint density at radius 2 is 1.97 bits per heavy atom. The summed E-state index contributed by atoms with van der Waals surface area (Å²) in [5.74, 6) is 0.156. The molecule has 2 aliphatic heterocycles. The Balaban J connectivity index is 1.26. The van der Waals surface area contributed by atoms with E-state index in [1.165, 1.54) is 0 Å². The minimum Gasteiger partial charge on any atom is -0.350 e. The lowest BCUT2D eigenvalue weighted by Gasteiger charge is -2.41. The number of nitrogens with one attached hydrogen (secondary N) is 1. The summed E-state index contributed by atoms with van der Waals surface area (Å²) < 4.78 is 1.66. The summed E-state index contributed by atoms with van der Waals surface area (Å²) in [6.45, 7) is 3.79. The molecule has 0 bridgehead atoms. The number of carbonyl (C=O) groups excluding carboxylic acids is 2. The lowest BCUT2D eigenvalue weighted by Crippen LogP contribution is -2.51. The van der Waals surface area contributed by atoms with Crippen molar-refractivity contribution in [3.8, 4) is 0 Å². The number of nitrogens with zero attached hydrogens (tertiary/aromatic N) is 5. The van der Waals surface area contributed by atoms with Crippen LogP contribution in [-0.4, -0.2) is 68.6 Å². The van der Waals surface area contributed by atoms with Gasteiger partial charge in [-0.25, -0.2) is 0 Å². The number of piperidine rings is 2. The molecule has 4 rings (SSSR count). The van der Waals surface area contributed by atoms with E-state index in [-0.39, 0.29) is 17.7 Å². The maximum Gasteiger partial charge on any atom is 0.274 e. The quantitative estimate of drug-likeness (QED) is 0.807. The second-order valence-electron chi connectivity index (χ2n) is 8.27. The molecule has 2 amide bonds. The van der Waals surface area contributed by atoms with Crippen molar-refractivity contribution in [3.63, 3.8) is 0 Å². The lowest BCUT2D eigenvalue weighted by atomic mass is 9.93. The van der Waals surface area contributed by atoms with Crippen LogP contribution in [0.3, 0.4) is 0 Å². The Morgan fingerprint density at radius 3 is 2.67 bits per heavy atom. The fourth-order valence-electron chi connectivity index (χ4n) is 4.50. The molecule has 0 radical (unpaired) electrons. The summed E-state index contributed by atoms with van der Waals surface area (Å²) in [5.41, 5.74) is 1.39. The number of hydrogen-bond acceptors (Lipinski definition) is 5. The number of aromatic nitrogens is 3. The Hall–Kier alpha value is -2.74. The van der Waals surface area contributed by atoms with Gasteiger partial charge < -0.3 is 10.2 Å². The van der Waals surface area contributed by atoms with Crippen LogP contribution >= 0.6 is 0 Å². The van der Waals surface area contributed by atoms with Crippen LogP contribution in [0.2, 0.25) is 0 Å². The summed E-state index contributed by atoms with van der Waals surface area (Å²) >= 11 is 0. The molecule has 4 heterocycles. The second-order valence-corrected chi connectivity index (χ2v) is 8.27. The average molecular weight is 411 g/mol. The molecule has 8 nitrogen and oxygen atoms in total. The minimum atomic E-state index is 0.0134. The van der Waals surface area contributed by atoms with Crippen LogP contribution < -0.4 is 5.32 Å². The molecule has 2 aromatic heterocycles. The summed E-state index contributed by atoms with van der Waals surface area (Å²) in [6.07, 6.45) is 7.40.